The van der Waals surface area contributed by atoms with Crippen molar-refractivity contribution < 1.29 is 9.53 Å². The number of ketones is 1. The first-order valence-corrected chi connectivity index (χ1v) is 5.48. The summed E-state index contributed by atoms with van der Waals surface area (Å²) < 4.78 is 5.38. The Hall–Kier alpha value is -1.15. The van der Waals surface area contributed by atoms with Gasteiger partial charge in [0.2, 0.25) is 0 Å². The molecule has 2 unspecified atom stereocenters. The van der Waals surface area contributed by atoms with E-state index in [9.17, 15) is 4.79 Å². The van der Waals surface area contributed by atoms with E-state index < -0.39 is 0 Å². The molecule has 1 heterocycles. The van der Waals surface area contributed by atoms with Crippen LogP contribution < -0.4 is 0 Å². The number of hydrogen-bond donors (Lipinski definition) is 0. The smallest absolute Gasteiger partial charge is 0.136 e. The summed E-state index contributed by atoms with van der Waals surface area (Å²) in [6.07, 6.45) is 0.723. The Morgan fingerprint density at radius 1 is 1.27 bits per heavy atom. The minimum Gasteiger partial charge on any atom is -0.372 e. The molecule has 2 nitrogen and oxygen atoms in total. The van der Waals surface area contributed by atoms with Crippen molar-refractivity contribution in [3.05, 3.63) is 34.9 Å². The van der Waals surface area contributed by atoms with Crippen molar-refractivity contribution >= 4 is 5.78 Å². The third-order valence-electron chi connectivity index (χ3n) is 3.71. The molecular weight excluding hydrogens is 188 g/mol. The van der Waals surface area contributed by atoms with Crippen LogP contribution in [-0.2, 0) is 22.7 Å². The molecule has 15 heavy (non-hydrogen) atoms. The molecule has 1 aromatic carbocycles. The highest BCUT2D eigenvalue weighted by Gasteiger charge is 2.37. The predicted octanol–water partition coefficient (Wildman–Crippen LogP) is 2.41. The molecule has 0 N–H and O–H groups in total. The van der Waals surface area contributed by atoms with Crippen LogP contribution in [0.15, 0.2) is 18.2 Å². The fourth-order valence-electron chi connectivity index (χ4n) is 2.47. The van der Waals surface area contributed by atoms with Gasteiger partial charge in [-0.25, -0.2) is 0 Å². The van der Waals surface area contributed by atoms with Crippen LogP contribution in [0.25, 0.3) is 0 Å². The summed E-state index contributed by atoms with van der Waals surface area (Å²) >= 11 is 0. The topological polar surface area (TPSA) is 26.3 Å². The lowest BCUT2D eigenvalue weighted by atomic mass is 9.70. The summed E-state index contributed by atoms with van der Waals surface area (Å²) in [5, 5.41) is 0. The summed E-state index contributed by atoms with van der Waals surface area (Å²) in [6, 6.07) is 6.52. The van der Waals surface area contributed by atoms with Crippen LogP contribution in [-0.4, -0.2) is 5.78 Å². The average molecular weight is 202 g/mol. The third-order valence-corrected chi connectivity index (χ3v) is 3.71. The van der Waals surface area contributed by atoms with Crippen LogP contribution in [0.2, 0.25) is 0 Å². The molecule has 1 aromatic rings. The molecule has 78 valence electrons. The Balaban J connectivity index is 1.91. The van der Waals surface area contributed by atoms with Crippen molar-refractivity contribution in [3.63, 3.8) is 0 Å². The second-order valence-electron chi connectivity index (χ2n) is 4.59. The molecule has 0 spiro atoms. The molecule has 1 saturated carbocycles. The minimum absolute atomic E-state index is 0.213. The van der Waals surface area contributed by atoms with Gasteiger partial charge >= 0.3 is 0 Å². The maximum absolute atomic E-state index is 11.2. The van der Waals surface area contributed by atoms with E-state index in [1.54, 1.807) is 0 Å². The maximum atomic E-state index is 11.2. The van der Waals surface area contributed by atoms with Gasteiger partial charge < -0.3 is 4.74 Å². The Bertz CT molecular complexity index is 423. The van der Waals surface area contributed by atoms with Crippen molar-refractivity contribution in [2.45, 2.75) is 32.5 Å². The normalized spacial score (nSPS) is 28.7. The molecular formula is C13H14O2. The van der Waals surface area contributed by atoms with Gasteiger partial charge in [-0.15, -0.1) is 0 Å². The Morgan fingerprint density at radius 2 is 2.07 bits per heavy atom. The highest BCUT2D eigenvalue weighted by Crippen LogP contribution is 2.40. The van der Waals surface area contributed by atoms with Gasteiger partial charge in [0.1, 0.15) is 5.78 Å². The zero-order chi connectivity index (χ0) is 10.4. The van der Waals surface area contributed by atoms with E-state index in [1.807, 2.05) is 6.92 Å². The highest BCUT2D eigenvalue weighted by atomic mass is 16.5. The SMILES string of the molecule is CC1C(=O)CC1c1ccc2c(c1)COC2. The summed E-state index contributed by atoms with van der Waals surface area (Å²) in [4.78, 5) is 11.2. The van der Waals surface area contributed by atoms with Gasteiger partial charge in [0.05, 0.1) is 13.2 Å². The third kappa shape index (κ3) is 1.32. The highest BCUT2D eigenvalue weighted by molar-refractivity contribution is 5.89. The first-order valence-electron chi connectivity index (χ1n) is 5.48. The van der Waals surface area contributed by atoms with Gasteiger partial charge in [0.15, 0.2) is 0 Å². The summed E-state index contributed by atoms with van der Waals surface area (Å²) in [6.45, 7) is 3.51. The van der Waals surface area contributed by atoms with E-state index >= 15 is 0 Å². The molecule has 1 fully saturated rings. The number of Topliss-reactive ketones (excluding diaryl/α,β-unsaturated/α-hetero) is 1. The molecule has 0 amide bonds. The van der Waals surface area contributed by atoms with Crippen molar-refractivity contribution in [2.75, 3.05) is 0 Å². The Kier molecular flexibility index (Phi) is 1.93. The maximum Gasteiger partial charge on any atom is 0.136 e. The van der Waals surface area contributed by atoms with E-state index in [-0.39, 0.29) is 5.92 Å². The van der Waals surface area contributed by atoms with E-state index in [0.29, 0.717) is 11.7 Å². The lowest BCUT2D eigenvalue weighted by Crippen LogP contribution is -2.32. The van der Waals surface area contributed by atoms with Crippen molar-refractivity contribution in [1.29, 1.82) is 0 Å². The minimum atomic E-state index is 0.213. The molecule has 0 bridgehead atoms. The quantitative estimate of drug-likeness (QED) is 0.699. The zero-order valence-electron chi connectivity index (χ0n) is 8.82. The molecule has 2 atom stereocenters. The number of fused-ring (bicyclic) bond motifs is 1. The fraction of sp³-hybridized carbons (Fsp3) is 0.462. The molecule has 0 saturated heterocycles. The standard InChI is InChI=1S/C13H14O2/c1-8-12(5-13(8)14)9-2-3-10-6-15-7-11(10)4-9/h2-4,8,12H,5-7H2,1H3. The van der Waals surface area contributed by atoms with Gasteiger partial charge in [0, 0.05) is 18.3 Å². The number of rotatable bonds is 1. The van der Waals surface area contributed by atoms with Crippen LogP contribution >= 0.6 is 0 Å². The second kappa shape index (κ2) is 3.17. The number of hydrogen-bond acceptors (Lipinski definition) is 2. The van der Waals surface area contributed by atoms with E-state index in [2.05, 4.69) is 18.2 Å². The van der Waals surface area contributed by atoms with Gasteiger partial charge in [-0.1, -0.05) is 25.1 Å². The fourth-order valence-corrected chi connectivity index (χ4v) is 2.47. The zero-order valence-corrected chi connectivity index (χ0v) is 8.82. The Morgan fingerprint density at radius 3 is 2.80 bits per heavy atom. The molecule has 1 aliphatic heterocycles. The van der Waals surface area contributed by atoms with Gasteiger partial charge in [-0.3, -0.25) is 4.79 Å². The van der Waals surface area contributed by atoms with Crippen molar-refractivity contribution in [2.24, 2.45) is 5.92 Å². The molecule has 0 radical (unpaired) electrons. The monoisotopic (exact) mass is 202 g/mol. The predicted molar refractivity (Wildman–Crippen MR) is 56.5 cm³/mol. The second-order valence-corrected chi connectivity index (χ2v) is 4.59. The first kappa shape index (κ1) is 9.10. The van der Waals surface area contributed by atoms with Gasteiger partial charge in [-0.2, -0.15) is 0 Å². The average Bonchev–Trinajstić information content (AvgIpc) is 2.72. The summed E-state index contributed by atoms with van der Waals surface area (Å²) in [5.41, 5.74) is 3.92. The summed E-state index contributed by atoms with van der Waals surface area (Å²) in [7, 11) is 0. The van der Waals surface area contributed by atoms with Crippen molar-refractivity contribution in [1.82, 2.24) is 0 Å². The van der Waals surface area contributed by atoms with Crippen LogP contribution in [0.4, 0.5) is 0 Å². The molecule has 3 rings (SSSR count). The van der Waals surface area contributed by atoms with Crippen LogP contribution in [0.3, 0.4) is 0 Å². The molecule has 2 heteroatoms. The number of ether oxygens (including phenoxy) is 1. The number of carbonyl (C=O) groups excluding carboxylic acids is 1. The van der Waals surface area contributed by atoms with Gasteiger partial charge in [0.25, 0.3) is 0 Å². The molecule has 0 aromatic heterocycles. The lowest BCUT2D eigenvalue weighted by molar-refractivity contribution is -0.130. The largest absolute Gasteiger partial charge is 0.372 e. The van der Waals surface area contributed by atoms with Crippen LogP contribution in [0.5, 0.6) is 0 Å². The lowest BCUT2D eigenvalue weighted by Gasteiger charge is -2.32. The van der Waals surface area contributed by atoms with E-state index in [4.69, 9.17) is 4.74 Å². The number of benzene rings is 1. The van der Waals surface area contributed by atoms with Gasteiger partial charge in [-0.05, 0) is 16.7 Å². The van der Waals surface area contributed by atoms with Crippen molar-refractivity contribution in [3.8, 4) is 0 Å². The molecule has 2 aliphatic rings. The summed E-state index contributed by atoms with van der Waals surface area (Å²) in [5.74, 6) is 1.06. The Labute approximate surface area is 89.2 Å². The first-order chi connectivity index (χ1) is 7.25. The van der Waals surface area contributed by atoms with Crippen LogP contribution in [0.1, 0.15) is 36.0 Å². The van der Waals surface area contributed by atoms with Crippen LogP contribution in [0, 0.1) is 5.92 Å². The number of carbonyl (C=O) groups is 1. The molecule has 1 aliphatic carbocycles. The van der Waals surface area contributed by atoms with E-state index in [1.165, 1.54) is 16.7 Å². The van der Waals surface area contributed by atoms with E-state index in [0.717, 1.165) is 19.6 Å².